The number of carbonyl (C=O) groups excluding carboxylic acids is 4. The fraction of sp³-hybridized carbons (Fsp3) is 0.267. The highest BCUT2D eigenvalue weighted by atomic mass is 19.2. The highest BCUT2D eigenvalue weighted by molar-refractivity contribution is 6.27. The molecule has 0 radical (unpaired) electrons. The van der Waals surface area contributed by atoms with Crippen LogP contribution >= 0.6 is 0 Å². The molecule has 1 aliphatic carbocycles. The number of halogens is 3. The zero-order valence-electron chi connectivity index (χ0n) is 22.4. The molecule has 1 amide bonds. The molecule has 8 nitrogen and oxygen atoms in total. The van der Waals surface area contributed by atoms with E-state index in [1.165, 1.54) is 20.1 Å². The van der Waals surface area contributed by atoms with Crippen molar-refractivity contribution in [2.75, 3.05) is 7.11 Å². The monoisotopic (exact) mass is 567 g/mol. The Bertz CT molecular complexity index is 1750. The van der Waals surface area contributed by atoms with E-state index in [0.717, 1.165) is 25.1 Å². The quantitative estimate of drug-likeness (QED) is 0.336. The first-order valence-corrected chi connectivity index (χ1v) is 12.7. The number of aryl methyl sites for hydroxylation is 1. The van der Waals surface area contributed by atoms with E-state index in [1.807, 2.05) is 0 Å². The molecule has 2 N–H and O–H groups in total. The summed E-state index contributed by atoms with van der Waals surface area (Å²) in [4.78, 5) is 51.7. The number of rotatable bonds is 6. The molecule has 1 aliphatic heterocycles. The standard InChI is InChI=1S/C30H24F3NO7/c1-5-13-6-7-14-15(8-17(31)26(33)25(14)32)16(13)11-34-29(39)23-20(40-4)9-19(37)24-27(23)41-21-10-18(36)22(12(2)35)28(38)30(21,24)3/h6-10,22,37H,5,11H2,1-4H3,(H,34,39)/t22?,30-/m1/s1. The van der Waals surface area contributed by atoms with Gasteiger partial charge >= 0.3 is 0 Å². The Morgan fingerprint density at radius 2 is 1.83 bits per heavy atom. The number of phenolic OH excluding ortho intramolecular Hbond substituents is 1. The van der Waals surface area contributed by atoms with Crippen molar-refractivity contribution in [3.8, 4) is 17.2 Å². The van der Waals surface area contributed by atoms with E-state index in [9.17, 15) is 37.5 Å². The zero-order chi connectivity index (χ0) is 30.0. The Morgan fingerprint density at radius 1 is 1.12 bits per heavy atom. The molecule has 0 spiro atoms. The molecule has 3 aromatic rings. The van der Waals surface area contributed by atoms with Crippen molar-refractivity contribution in [2.24, 2.45) is 5.92 Å². The van der Waals surface area contributed by atoms with Gasteiger partial charge in [-0.3, -0.25) is 19.2 Å². The molecule has 2 atom stereocenters. The predicted octanol–water partition coefficient (Wildman–Crippen LogP) is 4.35. The molecule has 0 bridgehead atoms. The number of aromatic hydroxyl groups is 1. The number of nitrogens with one attached hydrogen (secondary N) is 1. The second kappa shape index (κ2) is 9.76. The van der Waals surface area contributed by atoms with Gasteiger partial charge in [0.05, 0.1) is 12.7 Å². The van der Waals surface area contributed by atoms with E-state index < -0.39 is 57.8 Å². The number of methoxy groups -OCH3 is 1. The van der Waals surface area contributed by atoms with Gasteiger partial charge in [-0.1, -0.05) is 19.1 Å². The van der Waals surface area contributed by atoms with E-state index in [1.54, 1.807) is 13.0 Å². The van der Waals surface area contributed by atoms with Crippen LogP contribution < -0.4 is 14.8 Å². The SMILES string of the molecule is CCc1ccc2c(F)c(F)c(F)cc2c1CNC(=O)c1c(OC)cc(O)c2c1OC1=CC(=O)C(C(C)=O)C(=O)[C@]12C. The van der Waals surface area contributed by atoms with Crippen molar-refractivity contribution in [1.29, 1.82) is 0 Å². The minimum atomic E-state index is -1.74. The van der Waals surface area contributed by atoms with Gasteiger partial charge in [0.2, 0.25) is 0 Å². The Morgan fingerprint density at radius 3 is 2.46 bits per heavy atom. The van der Waals surface area contributed by atoms with Crippen molar-refractivity contribution in [1.82, 2.24) is 5.32 Å². The Kier molecular flexibility index (Phi) is 6.63. The number of allylic oxidation sites excluding steroid dienone is 2. The van der Waals surface area contributed by atoms with Crippen LogP contribution in [0.2, 0.25) is 0 Å². The molecule has 0 fully saturated rings. The number of hydrogen-bond donors (Lipinski definition) is 2. The molecule has 212 valence electrons. The van der Waals surface area contributed by atoms with Crippen LogP contribution in [-0.2, 0) is 32.8 Å². The number of ether oxygens (including phenoxy) is 2. The lowest BCUT2D eigenvalue weighted by atomic mass is 9.67. The fourth-order valence-electron chi connectivity index (χ4n) is 5.63. The van der Waals surface area contributed by atoms with Crippen molar-refractivity contribution in [3.63, 3.8) is 0 Å². The molecular weight excluding hydrogens is 543 g/mol. The zero-order valence-corrected chi connectivity index (χ0v) is 22.4. The minimum absolute atomic E-state index is 0.0725. The van der Waals surface area contributed by atoms with Crippen molar-refractivity contribution in [2.45, 2.75) is 39.2 Å². The topological polar surface area (TPSA) is 119 Å². The Labute approximate surface area is 231 Å². The predicted molar refractivity (Wildman–Crippen MR) is 139 cm³/mol. The van der Waals surface area contributed by atoms with Crippen LogP contribution in [-0.4, -0.2) is 35.5 Å². The second-order valence-corrected chi connectivity index (χ2v) is 10.0. The fourth-order valence-corrected chi connectivity index (χ4v) is 5.63. The van der Waals surface area contributed by atoms with Crippen LogP contribution in [0.15, 0.2) is 36.1 Å². The van der Waals surface area contributed by atoms with Gasteiger partial charge in [-0.05, 0) is 42.8 Å². The van der Waals surface area contributed by atoms with Crippen LogP contribution in [0.4, 0.5) is 13.2 Å². The third-order valence-electron chi connectivity index (χ3n) is 7.77. The third-order valence-corrected chi connectivity index (χ3v) is 7.77. The van der Waals surface area contributed by atoms with Crippen molar-refractivity contribution >= 4 is 34.0 Å². The van der Waals surface area contributed by atoms with Gasteiger partial charge in [-0.15, -0.1) is 0 Å². The van der Waals surface area contributed by atoms with Gasteiger partial charge in [0.25, 0.3) is 5.91 Å². The van der Waals surface area contributed by atoms with Crippen LogP contribution in [0.25, 0.3) is 10.8 Å². The molecule has 1 unspecified atom stereocenters. The normalized spacial score (nSPS) is 19.4. The second-order valence-electron chi connectivity index (χ2n) is 10.0. The van der Waals surface area contributed by atoms with E-state index >= 15 is 0 Å². The largest absolute Gasteiger partial charge is 0.507 e. The van der Waals surface area contributed by atoms with Gasteiger partial charge in [0.1, 0.15) is 39.9 Å². The highest BCUT2D eigenvalue weighted by Crippen LogP contribution is 2.56. The molecule has 0 saturated heterocycles. The van der Waals surface area contributed by atoms with Gasteiger partial charge < -0.3 is 19.9 Å². The summed E-state index contributed by atoms with van der Waals surface area (Å²) in [6.07, 6.45) is 1.44. The van der Waals surface area contributed by atoms with E-state index in [2.05, 4.69) is 5.32 Å². The lowest BCUT2D eigenvalue weighted by molar-refractivity contribution is -0.140. The number of hydrogen-bond acceptors (Lipinski definition) is 7. The van der Waals surface area contributed by atoms with E-state index in [4.69, 9.17) is 9.47 Å². The Balaban J connectivity index is 1.60. The van der Waals surface area contributed by atoms with Crippen molar-refractivity contribution < 1.29 is 46.9 Å². The minimum Gasteiger partial charge on any atom is -0.507 e. The number of carbonyl (C=O) groups is 4. The van der Waals surface area contributed by atoms with Gasteiger partial charge in [0.15, 0.2) is 34.8 Å². The van der Waals surface area contributed by atoms with Crippen LogP contribution in [0.1, 0.15) is 47.8 Å². The maximum atomic E-state index is 14.5. The average molecular weight is 568 g/mol. The number of benzene rings is 3. The first kappa shape index (κ1) is 27.9. The molecule has 0 saturated carbocycles. The summed E-state index contributed by atoms with van der Waals surface area (Å²) in [5, 5.41) is 13.5. The first-order valence-electron chi connectivity index (χ1n) is 12.7. The third kappa shape index (κ3) is 3.98. The van der Waals surface area contributed by atoms with Crippen LogP contribution in [0.3, 0.4) is 0 Å². The van der Waals surface area contributed by atoms with Crippen LogP contribution in [0.5, 0.6) is 17.2 Å². The maximum absolute atomic E-state index is 14.5. The van der Waals surface area contributed by atoms with Crippen LogP contribution in [0, 0.1) is 23.4 Å². The summed E-state index contributed by atoms with van der Waals surface area (Å²) in [5.41, 5.74) is -1.09. The molecule has 3 aromatic carbocycles. The summed E-state index contributed by atoms with van der Waals surface area (Å²) in [6.45, 7) is 4.05. The van der Waals surface area contributed by atoms with Gasteiger partial charge in [-0.25, -0.2) is 13.2 Å². The van der Waals surface area contributed by atoms with Crippen molar-refractivity contribution in [3.05, 3.63) is 75.8 Å². The molecule has 11 heteroatoms. The first-order chi connectivity index (χ1) is 19.4. The number of amides is 1. The molecule has 41 heavy (non-hydrogen) atoms. The number of Topliss-reactive ketones (excluding diaryl/α,β-unsaturated/α-hetero) is 2. The summed E-state index contributed by atoms with van der Waals surface area (Å²) >= 11 is 0. The Hall–Kier alpha value is -4.67. The molecule has 0 aromatic heterocycles. The number of ketones is 3. The molecule has 2 aliphatic rings. The molecule has 5 rings (SSSR count). The summed E-state index contributed by atoms with van der Waals surface area (Å²) in [6, 6.07) is 4.87. The average Bonchev–Trinajstić information content (AvgIpc) is 3.23. The smallest absolute Gasteiger partial charge is 0.259 e. The van der Waals surface area contributed by atoms with E-state index in [-0.39, 0.29) is 45.7 Å². The van der Waals surface area contributed by atoms with Gasteiger partial charge in [0, 0.05) is 24.1 Å². The highest BCUT2D eigenvalue weighted by Gasteiger charge is 2.58. The lowest BCUT2D eigenvalue weighted by Gasteiger charge is -2.30. The van der Waals surface area contributed by atoms with E-state index in [0.29, 0.717) is 17.5 Å². The molecular formula is C30H24F3NO7. The number of fused-ring (bicyclic) bond motifs is 4. The maximum Gasteiger partial charge on any atom is 0.259 e. The lowest BCUT2D eigenvalue weighted by Crippen LogP contribution is -2.47. The van der Waals surface area contributed by atoms with Gasteiger partial charge in [-0.2, -0.15) is 0 Å². The molecule has 1 heterocycles. The number of phenols is 1. The summed E-state index contributed by atoms with van der Waals surface area (Å²) in [5.74, 6) is -9.99. The summed E-state index contributed by atoms with van der Waals surface area (Å²) in [7, 11) is 1.24. The summed E-state index contributed by atoms with van der Waals surface area (Å²) < 4.78 is 53.7.